The first kappa shape index (κ1) is 15.4. The van der Waals surface area contributed by atoms with E-state index in [1.54, 1.807) is 6.07 Å². The molecule has 0 saturated heterocycles. The van der Waals surface area contributed by atoms with Crippen LogP contribution in [0.15, 0.2) is 18.2 Å². The summed E-state index contributed by atoms with van der Waals surface area (Å²) in [6.45, 7) is 2.24. The predicted molar refractivity (Wildman–Crippen MR) is 82.7 cm³/mol. The molecule has 0 bridgehead atoms. The highest BCUT2D eigenvalue weighted by atomic mass is 35.5. The van der Waals surface area contributed by atoms with Crippen LogP contribution in [0.25, 0.3) is 0 Å². The highest BCUT2D eigenvalue weighted by Crippen LogP contribution is 2.30. The molecule has 0 aliphatic carbocycles. The van der Waals surface area contributed by atoms with Gasteiger partial charge in [0.05, 0.1) is 6.10 Å². The van der Waals surface area contributed by atoms with Crippen molar-refractivity contribution in [2.75, 3.05) is 0 Å². The van der Waals surface area contributed by atoms with E-state index >= 15 is 0 Å². The third kappa shape index (κ3) is 4.24. The van der Waals surface area contributed by atoms with Crippen molar-refractivity contribution in [1.82, 2.24) is 0 Å². The van der Waals surface area contributed by atoms with Crippen LogP contribution in [0.4, 0.5) is 0 Å². The number of carbonyl (C=O) groups is 1. The van der Waals surface area contributed by atoms with Crippen molar-refractivity contribution < 1.29 is 9.53 Å². The van der Waals surface area contributed by atoms with Crippen molar-refractivity contribution in [3.63, 3.8) is 0 Å². The molecule has 1 atom stereocenters. The van der Waals surface area contributed by atoms with Gasteiger partial charge in [0.15, 0.2) is 0 Å². The van der Waals surface area contributed by atoms with Crippen molar-refractivity contribution in [1.29, 1.82) is 0 Å². The van der Waals surface area contributed by atoms with Gasteiger partial charge in [-0.1, -0.05) is 32.6 Å². The van der Waals surface area contributed by atoms with Crippen LogP contribution in [0.3, 0.4) is 0 Å². The van der Waals surface area contributed by atoms with E-state index in [0.29, 0.717) is 11.7 Å². The molecule has 2 nitrogen and oxygen atoms in total. The van der Waals surface area contributed by atoms with E-state index in [1.165, 1.54) is 32.1 Å². The molecule has 0 fully saturated rings. The minimum Gasteiger partial charge on any atom is -0.490 e. The average Bonchev–Trinajstić information content (AvgIpc) is 2.46. The topological polar surface area (TPSA) is 26.3 Å². The lowest BCUT2D eigenvalue weighted by Gasteiger charge is -2.26. The van der Waals surface area contributed by atoms with E-state index in [4.69, 9.17) is 16.3 Å². The molecule has 1 aromatic carbocycles. The molecule has 2 rings (SSSR count). The fourth-order valence-corrected chi connectivity index (χ4v) is 2.86. The number of hydrogen-bond donors (Lipinski definition) is 0. The van der Waals surface area contributed by atoms with Crippen LogP contribution in [0.5, 0.6) is 5.75 Å². The summed E-state index contributed by atoms with van der Waals surface area (Å²) in [5, 5.41) is -0.397. The Kier molecular flexibility index (Phi) is 5.90. The number of fused-ring (bicyclic) bond motifs is 1. The van der Waals surface area contributed by atoms with E-state index in [2.05, 4.69) is 6.92 Å². The van der Waals surface area contributed by atoms with Crippen LogP contribution in [0, 0.1) is 0 Å². The molecule has 0 unspecified atom stereocenters. The fourth-order valence-electron chi connectivity index (χ4n) is 2.75. The molecule has 0 spiro atoms. The van der Waals surface area contributed by atoms with Crippen LogP contribution in [-0.2, 0) is 6.42 Å². The Morgan fingerprint density at radius 2 is 2.10 bits per heavy atom. The molecule has 0 saturated carbocycles. The largest absolute Gasteiger partial charge is 0.490 e. The van der Waals surface area contributed by atoms with Crippen LogP contribution in [0.1, 0.15) is 67.8 Å². The van der Waals surface area contributed by atoms with Gasteiger partial charge in [-0.15, -0.1) is 0 Å². The summed E-state index contributed by atoms with van der Waals surface area (Å²) < 4.78 is 6.02. The molecule has 0 amide bonds. The van der Waals surface area contributed by atoms with Gasteiger partial charge in [0.25, 0.3) is 5.24 Å². The summed E-state index contributed by atoms with van der Waals surface area (Å²) in [6.07, 6.45) is 10.0. The second-order valence-corrected chi connectivity index (χ2v) is 5.92. The number of carbonyl (C=O) groups excluding carboxylic acids is 1. The van der Waals surface area contributed by atoms with E-state index in [1.807, 2.05) is 12.1 Å². The number of aryl methyl sites for hydroxylation is 1. The lowest BCUT2D eigenvalue weighted by Crippen LogP contribution is -2.22. The third-order valence-electron chi connectivity index (χ3n) is 3.95. The van der Waals surface area contributed by atoms with Gasteiger partial charge < -0.3 is 4.74 Å². The highest BCUT2D eigenvalue weighted by molar-refractivity contribution is 6.67. The molecular weight excluding hydrogens is 272 g/mol. The molecule has 3 heteroatoms. The van der Waals surface area contributed by atoms with Gasteiger partial charge in [-0.3, -0.25) is 4.79 Å². The lowest BCUT2D eigenvalue weighted by molar-refractivity contribution is 0.108. The first-order chi connectivity index (χ1) is 9.70. The highest BCUT2D eigenvalue weighted by Gasteiger charge is 2.20. The maximum absolute atomic E-state index is 11.1. The van der Waals surface area contributed by atoms with Gasteiger partial charge in [-0.2, -0.15) is 0 Å². The molecule has 1 aliphatic heterocycles. The molecule has 0 aromatic heterocycles. The summed E-state index contributed by atoms with van der Waals surface area (Å²) in [7, 11) is 0. The number of unbranched alkanes of at least 4 members (excludes halogenated alkanes) is 4. The number of rotatable bonds is 7. The third-order valence-corrected chi connectivity index (χ3v) is 4.16. The smallest absolute Gasteiger partial charge is 0.252 e. The number of hydrogen-bond acceptors (Lipinski definition) is 2. The molecule has 0 N–H and O–H groups in total. The van der Waals surface area contributed by atoms with Crippen LogP contribution in [-0.4, -0.2) is 11.3 Å². The molecule has 0 radical (unpaired) electrons. The van der Waals surface area contributed by atoms with E-state index in [0.717, 1.165) is 30.6 Å². The van der Waals surface area contributed by atoms with Crippen molar-refractivity contribution >= 4 is 16.8 Å². The Hall–Kier alpha value is -1.02. The monoisotopic (exact) mass is 294 g/mol. The first-order valence-electron chi connectivity index (χ1n) is 7.70. The fraction of sp³-hybridized carbons (Fsp3) is 0.588. The van der Waals surface area contributed by atoms with Gasteiger partial charge in [0, 0.05) is 5.56 Å². The van der Waals surface area contributed by atoms with Gasteiger partial charge in [0.1, 0.15) is 5.75 Å². The molecule has 20 heavy (non-hydrogen) atoms. The standard InChI is InChI=1S/C17H23ClO2/c1-2-3-4-5-6-7-15-10-8-13-12-14(17(18)19)9-11-16(13)20-15/h9,11-12,15H,2-8,10H2,1H3/t15-/m0/s1. The van der Waals surface area contributed by atoms with Gasteiger partial charge >= 0.3 is 0 Å². The minimum absolute atomic E-state index is 0.335. The lowest BCUT2D eigenvalue weighted by atomic mass is 9.97. The second-order valence-electron chi connectivity index (χ2n) is 5.58. The summed E-state index contributed by atoms with van der Waals surface area (Å²) >= 11 is 5.50. The van der Waals surface area contributed by atoms with Crippen molar-refractivity contribution in [3.05, 3.63) is 29.3 Å². The maximum atomic E-state index is 11.1. The second kappa shape index (κ2) is 7.68. The zero-order chi connectivity index (χ0) is 14.4. The normalized spacial score (nSPS) is 17.4. The van der Waals surface area contributed by atoms with E-state index in [9.17, 15) is 4.79 Å². The Morgan fingerprint density at radius 3 is 2.85 bits per heavy atom. The molecule has 110 valence electrons. The Bertz CT molecular complexity index is 456. The van der Waals surface area contributed by atoms with Crippen LogP contribution in [0.2, 0.25) is 0 Å². The number of ether oxygens (including phenoxy) is 1. The Balaban J connectivity index is 1.83. The Morgan fingerprint density at radius 1 is 1.30 bits per heavy atom. The quantitative estimate of drug-likeness (QED) is 0.515. The van der Waals surface area contributed by atoms with E-state index < -0.39 is 5.24 Å². The summed E-state index contributed by atoms with van der Waals surface area (Å²) in [5.74, 6) is 0.927. The summed E-state index contributed by atoms with van der Waals surface area (Å²) in [4.78, 5) is 11.1. The minimum atomic E-state index is -0.397. The van der Waals surface area contributed by atoms with E-state index in [-0.39, 0.29) is 0 Å². The first-order valence-corrected chi connectivity index (χ1v) is 8.08. The van der Waals surface area contributed by atoms with Crippen molar-refractivity contribution in [3.8, 4) is 5.75 Å². The summed E-state index contributed by atoms with van der Waals surface area (Å²) in [5.41, 5.74) is 1.67. The zero-order valence-electron chi connectivity index (χ0n) is 12.2. The van der Waals surface area contributed by atoms with Crippen LogP contribution < -0.4 is 4.74 Å². The molecular formula is C17H23ClO2. The zero-order valence-corrected chi connectivity index (χ0v) is 12.9. The molecule has 1 heterocycles. The SMILES string of the molecule is CCCCCCC[C@H]1CCc2cc(C(=O)Cl)ccc2O1. The average molecular weight is 295 g/mol. The van der Waals surface area contributed by atoms with Gasteiger partial charge in [0.2, 0.25) is 0 Å². The van der Waals surface area contributed by atoms with Gasteiger partial charge in [-0.05, 0) is 61.0 Å². The van der Waals surface area contributed by atoms with Crippen molar-refractivity contribution in [2.45, 2.75) is 64.4 Å². The predicted octanol–water partition coefficient (Wildman–Crippen LogP) is 5.12. The Labute approximate surface area is 126 Å². The number of halogens is 1. The number of benzene rings is 1. The molecule has 1 aromatic rings. The summed E-state index contributed by atoms with van der Waals surface area (Å²) in [6, 6.07) is 5.49. The van der Waals surface area contributed by atoms with Gasteiger partial charge in [-0.25, -0.2) is 0 Å². The molecule has 1 aliphatic rings. The van der Waals surface area contributed by atoms with Crippen molar-refractivity contribution in [2.24, 2.45) is 0 Å². The maximum Gasteiger partial charge on any atom is 0.252 e. The van der Waals surface area contributed by atoms with Crippen LogP contribution >= 0.6 is 11.6 Å².